The van der Waals surface area contributed by atoms with Gasteiger partial charge in [-0.25, -0.2) is 9.67 Å². The fourth-order valence-electron chi connectivity index (χ4n) is 1.95. The summed E-state index contributed by atoms with van der Waals surface area (Å²) in [5.74, 6) is -0.132. The van der Waals surface area contributed by atoms with Crippen LogP contribution in [0.3, 0.4) is 0 Å². The van der Waals surface area contributed by atoms with E-state index in [1.165, 1.54) is 6.33 Å². The first kappa shape index (κ1) is 16.2. The maximum Gasteiger partial charge on any atom is 0.251 e. The molecule has 0 saturated carbocycles. The quantitative estimate of drug-likeness (QED) is 0.881. The molecular formula is C16H22N4O2. The van der Waals surface area contributed by atoms with E-state index in [9.17, 15) is 9.90 Å². The van der Waals surface area contributed by atoms with E-state index in [0.717, 1.165) is 11.3 Å². The lowest BCUT2D eigenvalue weighted by atomic mass is 9.92. The van der Waals surface area contributed by atoms with Gasteiger partial charge in [0.15, 0.2) is 0 Å². The molecular weight excluding hydrogens is 280 g/mol. The number of nitrogens with one attached hydrogen (secondary N) is 1. The number of carbonyl (C=O) groups excluding carboxylic acids is 1. The predicted molar refractivity (Wildman–Crippen MR) is 83.9 cm³/mol. The molecule has 1 unspecified atom stereocenters. The van der Waals surface area contributed by atoms with E-state index in [-0.39, 0.29) is 18.4 Å². The van der Waals surface area contributed by atoms with E-state index in [0.29, 0.717) is 5.56 Å². The normalized spacial score (nSPS) is 13.9. The van der Waals surface area contributed by atoms with E-state index < -0.39 is 5.60 Å². The van der Waals surface area contributed by atoms with Gasteiger partial charge in [-0.15, -0.1) is 0 Å². The van der Waals surface area contributed by atoms with Gasteiger partial charge in [-0.05, 0) is 43.5 Å². The van der Waals surface area contributed by atoms with Crippen molar-refractivity contribution in [3.05, 3.63) is 42.0 Å². The second-order valence-electron chi connectivity index (χ2n) is 6.03. The van der Waals surface area contributed by atoms with Gasteiger partial charge in [-0.1, -0.05) is 13.8 Å². The van der Waals surface area contributed by atoms with Gasteiger partial charge in [0.2, 0.25) is 0 Å². The molecule has 2 rings (SSSR count). The zero-order chi connectivity index (χ0) is 16.3. The van der Waals surface area contributed by atoms with Crippen molar-refractivity contribution in [1.82, 2.24) is 20.1 Å². The lowest BCUT2D eigenvalue weighted by Crippen LogP contribution is -2.44. The first-order valence-electron chi connectivity index (χ1n) is 7.27. The number of rotatable bonds is 5. The highest BCUT2D eigenvalue weighted by atomic mass is 16.3. The number of aromatic nitrogens is 3. The number of nitrogens with zero attached hydrogens (tertiary/aromatic N) is 3. The standard InChI is InChI=1S/C16H22N4O2/c1-11(2)16(4,22)8-18-15(21)14-6-5-13(7-12(14)3)20-10-17-9-19-20/h5-7,9-11,22H,8H2,1-4H3,(H,18,21). The van der Waals surface area contributed by atoms with Crippen LogP contribution in [-0.2, 0) is 0 Å². The highest BCUT2D eigenvalue weighted by Gasteiger charge is 2.25. The molecule has 6 nitrogen and oxygen atoms in total. The van der Waals surface area contributed by atoms with Crippen molar-refractivity contribution < 1.29 is 9.90 Å². The Morgan fingerprint density at radius 1 is 1.45 bits per heavy atom. The molecule has 2 N–H and O–H groups in total. The van der Waals surface area contributed by atoms with E-state index in [2.05, 4.69) is 15.4 Å². The molecule has 0 aliphatic carbocycles. The molecule has 6 heteroatoms. The molecule has 1 heterocycles. The number of carbonyl (C=O) groups is 1. The van der Waals surface area contributed by atoms with Gasteiger partial charge in [0.25, 0.3) is 5.91 Å². The molecule has 0 fully saturated rings. The largest absolute Gasteiger partial charge is 0.388 e. The van der Waals surface area contributed by atoms with Gasteiger partial charge in [0.05, 0.1) is 11.3 Å². The van der Waals surface area contributed by atoms with Crippen LogP contribution in [0.25, 0.3) is 5.69 Å². The van der Waals surface area contributed by atoms with Crippen LogP contribution in [0.4, 0.5) is 0 Å². The maximum atomic E-state index is 12.3. The minimum Gasteiger partial charge on any atom is -0.388 e. The van der Waals surface area contributed by atoms with E-state index >= 15 is 0 Å². The summed E-state index contributed by atoms with van der Waals surface area (Å²) in [7, 11) is 0. The molecule has 118 valence electrons. The SMILES string of the molecule is Cc1cc(-n2cncn2)ccc1C(=O)NCC(C)(O)C(C)C. The molecule has 0 spiro atoms. The summed E-state index contributed by atoms with van der Waals surface area (Å²) in [6.45, 7) is 7.65. The third kappa shape index (κ3) is 3.51. The lowest BCUT2D eigenvalue weighted by Gasteiger charge is -2.27. The number of hydrogen-bond donors (Lipinski definition) is 2. The predicted octanol–water partition coefficient (Wildman–Crippen LogP) is 1.71. The van der Waals surface area contributed by atoms with Crippen molar-refractivity contribution in [3.8, 4) is 5.69 Å². The van der Waals surface area contributed by atoms with Crippen molar-refractivity contribution in [2.45, 2.75) is 33.3 Å². The molecule has 0 bridgehead atoms. The van der Waals surface area contributed by atoms with Crippen molar-refractivity contribution in [3.63, 3.8) is 0 Å². The van der Waals surface area contributed by atoms with Crippen molar-refractivity contribution >= 4 is 5.91 Å². The summed E-state index contributed by atoms with van der Waals surface area (Å²) >= 11 is 0. The summed E-state index contributed by atoms with van der Waals surface area (Å²) in [6.07, 6.45) is 3.07. The minimum atomic E-state index is -0.926. The summed E-state index contributed by atoms with van der Waals surface area (Å²) in [5, 5.41) is 17.0. The number of aryl methyl sites for hydroxylation is 1. The van der Waals surface area contributed by atoms with Crippen molar-refractivity contribution in [2.24, 2.45) is 5.92 Å². The number of benzene rings is 1. The van der Waals surface area contributed by atoms with Crippen LogP contribution in [0.15, 0.2) is 30.9 Å². The Labute approximate surface area is 130 Å². The second-order valence-corrected chi connectivity index (χ2v) is 6.03. The Balaban J connectivity index is 2.11. The Morgan fingerprint density at radius 2 is 2.18 bits per heavy atom. The van der Waals surface area contributed by atoms with Gasteiger partial charge in [0, 0.05) is 12.1 Å². The van der Waals surface area contributed by atoms with Crippen LogP contribution in [0.1, 0.15) is 36.7 Å². The second kappa shape index (κ2) is 6.27. The molecule has 0 saturated heterocycles. The zero-order valence-corrected chi connectivity index (χ0v) is 13.4. The summed E-state index contributed by atoms with van der Waals surface area (Å²) in [6, 6.07) is 5.45. The topological polar surface area (TPSA) is 80.0 Å². The smallest absolute Gasteiger partial charge is 0.251 e. The molecule has 2 aromatic rings. The first-order valence-corrected chi connectivity index (χ1v) is 7.27. The van der Waals surface area contributed by atoms with Gasteiger partial charge < -0.3 is 10.4 Å². The van der Waals surface area contributed by atoms with Gasteiger partial charge in [0.1, 0.15) is 12.7 Å². The molecule has 0 radical (unpaired) electrons. The summed E-state index contributed by atoms with van der Waals surface area (Å²) < 4.78 is 1.64. The number of hydrogen-bond acceptors (Lipinski definition) is 4. The minimum absolute atomic E-state index is 0.0589. The third-order valence-electron chi connectivity index (χ3n) is 3.99. The monoisotopic (exact) mass is 302 g/mol. The maximum absolute atomic E-state index is 12.3. The van der Waals surface area contributed by atoms with E-state index in [4.69, 9.17) is 0 Å². The molecule has 0 aliphatic rings. The average Bonchev–Trinajstić information content (AvgIpc) is 2.98. The molecule has 0 aliphatic heterocycles. The van der Waals surface area contributed by atoms with Crippen LogP contribution in [-0.4, -0.2) is 37.9 Å². The molecule has 1 aromatic heterocycles. The van der Waals surface area contributed by atoms with Gasteiger partial charge in [-0.3, -0.25) is 4.79 Å². The molecule has 1 atom stereocenters. The van der Waals surface area contributed by atoms with E-state index in [1.807, 2.05) is 32.9 Å². The number of aliphatic hydroxyl groups is 1. The zero-order valence-electron chi connectivity index (χ0n) is 13.4. The first-order chi connectivity index (χ1) is 10.3. The Kier molecular flexibility index (Phi) is 4.61. The summed E-state index contributed by atoms with van der Waals surface area (Å²) in [5.41, 5.74) is 1.35. The van der Waals surface area contributed by atoms with Gasteiger partial charge in [-0.2, -0.15) is 5.10 Å². The van der Waals surface area contributed by atoms with Crippen molar-refractivity contribution in [1.29, 1.82) is 0 Å². The van der Waals surface area contributed by atoms with Crippen LogP contribution in [0.5, 0.6) is 0 Å². The van der Waals surface area contributed by atoms with E-state index in [1.54, 1.807) is 24.0 Å². The highest BCUT2D eigenvalue weighted by Crippen LogP contribution is 2.16. The number of amides is 1. The lowest BCUT2D eigenvalue weighted by molar-refractivity contribution is 0.0142. The van der Waals surface area contributed by atoms with Crippen molar-refractivity contribution in [2.75, 3.05) is 6.54 Å². The van der Waals surface area contributed by atoms with Crippen LogP contribution in [0, 0.1) is 12.8 Å². The van der Waals surface area contributed by atoms with Gasteiger partial charge >= 0.3 is 0 Å². The molecule has 1 aromatic carbocycles. The Bertz CT molecular complexity index is 648. The fraction of sp³-hybridized carbons (Fsp3) is 0.438. The Hall–Kier alpha value is -2.21. The van der Waals surface area contributed by atoms with Crippen LogP contribution < -0.4 is 5.32 Å². The fourth-order valence-corrected chi connectivity index (χ4v) is 1.95. The summed E-state index contributed by atoms with van der Waals surface area (Å²) in [4.78, 5) is 16.2. The van der Waals surface area contributed by atoms with Crippen LogP contribution >= 0.6 is 0 Å². The molecule has 1 amide bonds. The third-order valence-corrected chi connectivity index (χ3v) is 3.99. The highest BCUT2D eigenvalue weighted by molar-refractivity contribution is 5.95. The molecule has 22 heavy (non-hydrogen) atoms. The Morgan fingerprint density at radius 3 is 2.73 bits per heavy atom. The van der Waals surface area contributed by atoms with Crippen LogP contribution in [0.2, 0.25) is 0 Å². The average molecular weight is 302 g/mol.